The largest absolute Gasteiger partial charge is 0.390 e. The fourth-order valence-electron chi connectivity index (χ4n) is 5.12. The number of β-amino-alcohol motifs (C(OH)–C–C–N with tert-alkyl or cyclic N) is 1. The van der Waals surface area contributed by atoms with Gasteiger partial charge in [0.05, 0.1) is 23.2 Å². The summed E-state index contributed by atoms with van der Waals surface area (Å²) in [4.78, 5) is 2.38. The maximum Gasteiger partial charge on any atom is 0.0845 e. The molecule has 4 heteroatoms. The van der Waals surface area contributed by atoms with Gasteiger partial charge in [-0.25, -0.2) is 0 Å². The van der Waals surface area contributed by atoms with Crippen LogP contribution in [0.15, 0.2) is 42.5 Å². The molecule has 1 aromatic heterocycles. The van der Waals surface area contributed by atoms with Crippen LogP contribution < -0.4 is 0 Å². The van der Waals surface area contributed by atoms with Crippen molar-refractivity contribution in [2.75, 3.05) is 13.1 Å². The standard InChI is InChI=1S/C24H27ClN2O/c25-22-10-5-9-21-20-8-3-4-11-23(20)27(24(21)22)16-19(28)15-26-13-12-17-6-1-2-7-18(17)14-26/h1-2,5-7,9-10,19,28H,3-4,8,11-16H2/t19-/m1/s1. The lowest BCUT2D eigenvalue weighted by atomic mass is 9.95. The number of hydrogen-bond acceptors (Lipinski definition) is 2. The van der Waals surface area contributed by atoms with E-state index in [1.54, 1.807) is 0 Å². The van der Waals surface area contributed by atoms with Crippen molar-refractivity contribution < 1.29 is 5.11 Å². The minimum absolute atomic E-state index is 0.400. The Morgan fingerprint density at radius 3 is 2.64 bits per heavy atom. The van der Waals surface area contributed by atoms with E-state index in [9.17, 15) is 5.11 Å². The molecule has 0 unspecified atom stereocenters. The molecule has 2 aliphatic rings. The van der Waals surface area contributed by atoms with E-state index in [0.29, 0.717) is 13.1 Å². The van der Waals surface area contributed by atoms with Crippen LogP contribution in [0.25, 0.3) is 10.9 Å². The summed E-state index contributed by atoms with van der Waals surface area (Å²) in [6.45, 7) is 3.26. The maximum atomic E-state index is 11.0. The number of aliphatic hydroxyl groups excluding tert-OH is 1. The fraction of sp³-hybridized carbons (Fsp3) is 0.417. The highest BCUT2D eigenvalue weighted by atomic mass is 35.5. The van der Waals surface area contributed by atoms with Gasteiger partial charge in [-0.3, -0.25) is 4.90 Å². The van der Waals surface area contributed by atoms with Crippen LogP contribution >= 0.6 is 11.6 Å². The van der Waals surface area contributed by atoms with Crippen molar-refractivity contribution in [3.05, 3.63) is 69.9 Å². The third-order valence-corrected chi connectivity index (χ3v) is 6.72. The summed E-state index contributed by atoms with van der Waals surface area (Å²) in [5.74, 6) is 0. The van der Waals surface area contributed by atoms with Crippen molar-refractivity contribution in [3.8, 4) is 0 Å². The van der Waals surface area contributed by atoms with Gasteiger partial charge < -0.3 is 9.67 Å². The Bertz CT molecular complexity index is 1010. The van der Waals surface area contributed by atoms with Gasteiger partial charge in [-0.05, 0) is 54.9 Å². The molecule has 146 valence electrons. The third-order valence-electron chi connectivity index (χ3n) is 6.42. The first kappa shape index (κ1) is 18.2. The molecule has 5 rings (SSSR count). The number of nitrogens with zero attached hydrogens (tertiary/aromatic N) is 2. The van der Waals surface area contributed by atoms with E-state index in [-0.39, 0.29) is 0 Å². The van der Waals surface area contributed by atoms with Crippen LogP contribution in [0, 0.1) is 0 Å². The van der Waals surface area contributed by atoms with Gasteiger partial charge >= 0.3 is 0 Å². The number of aryl methyl sites for hydroxylation is 1. The molecule has 3 aromatic rings. The van der Waals surface area contributed by atoms with Crippen LogP contribution in [-0.4, -0.2) is 33.8 Å². The molecule has 2 heterocycles. The fourth-order valence-corrected chi connectivity index (χ4v) is 5.40. The molecular weight excluding hydrogens is 368 g/mol. The van der Waals surface area contributed by atoms with E-state index in [0.717, 1.165) is 42.9 Å². The number of para-hydroxylation sites is 1. The summed E-state index contributed by atoms with van der Waals surface area (Å²) >= 11 is 6.60. The molecule has 0 saturated heterocycles. The van der Waals surface area contributed by atoms with E-state index < -0.39 is 6.10 Å². The van der Waals surface area contributed by atoms with Gasteiger partial charge in [0, 0.05) is 30.7 Å². The van der Waals surface area contributed by atoms with Crippen LogP contribution in [-0.2, 0) is 32.4 Å². The Balaban J connectivity index is 1.38. The Morgan fingerprint density at radius 1 is 0.929 bits per heavy atom. The van der Waals surface area contributed by atoms with Gasteiger partial charge in [-0.15, -0.1) is 0 Å². The number of halogens is 1. The Hall–Kier alpha value is -1.81. The number of aromatic nitrogens is 1. The molecule has 1 N–H and O–H groups in total. The average Bonchev–Trinajstić information content (AvgIpc) is 3.03. The van der Waals surface area contributed by atoms with Crippen molar-refractivity contribution in [1.82, 2.24) is 9.47 Å². The maximum absolute atomic E-state index is 11.0. The molecule has 2 aromatic carbocycles. The molecule has 3 nitrogen and oxygen atoms in total. The molecule has 1 atom stereocenters. The molecule has 0 saturated carbocycles. The molecule has 0 bridgehead atoms. The van der Waals surface area contributed by atoms with E-state index in [2.05, 4.69) is 39.8 Å². The molecule has 0 spiro atoms. The van der Waals surface area contributed by atoms with Gasteiger partial charge in [-0.2, -0.15) is 0 Å². The highest BCUT2D eigenvalue weighted by Crippen LogP contribution is 2.36. The van der Waals surface area contributed by atoms with Crippen molar-refractivity contribution >= 4 is 22.5 Å². The first-order valence-corrected chi connectivity index (χ1v) is 10.8. The molecule has 1 aliphatic heterocycles. The SMILES string of the molecule is O[C@H](CN1CCc2ccccc2C1)Cn1c2c(c3cccc(Cl)c31)CCCC2. The second-order valence-electron chi connectivity index (χ2n) is 8.29. The Morgan fingerprint density at radius 2 is 1.75 bits per heavy atom. The van der Waals surface area contributed by atoms with E-state index in [1.165, 1.54) is 40.6 Å². The lowest BCUT2D eigenvalue weighted by Gasteiger charge is -2.30. The van der Waals surface area contributed by atoms with Gasteiger partial charge in [0.2, 0.25) is 0 Å². The lowest BCUT2D eigenvalue weighted by Crippen LogP contribution is -2.38. The average molecular weight is 395 g/mol. The van der Waals surface area contributed by atoms with E-state index in [4.69, 9.17) is 11.6 Å². The summed E-state index contributed by atoms with van der Waals surface area (Å²) in [6, 6.07) is 14.9. The summed E-state index contributed by atoms with van der Waals surface area (Å²) in [5.41, 5.74) is 6.79. The van der Waals surface area contributed by atoms with Crippen molar-refractivity contribution in [3.63, 3.8) is 0 Å². The quantitative estimate of drug-likeness (QED) is 0.700. The molecule has 0 fully saturated rings. The minimum atomic E-state index is -0.400. The van der Waals surface area contributed by atoms with Crippen LogP contribution in [0.3, 0.4) is 0 Å². The van der Waals surface area contributed by atoms with Crippen LogP contribution in [0.1, 0.15) is 35.2 Å². The molecular formula is C24H27ClN2O. The van der Waals surface area contributed by atoms with Gasteiger partial charge in [-0.1, -0.05) is 48.0 Å². The number of hydrogen-bond donors (Lipinski definition) is 1. The van der Waals surface area contributed by atoms with E-state index in [1.807, 2.05) is 12.1 Å². The van der Waals surface area contributed by atoms with Gasteiger partial charge in [0.1, 0.15) is 0 Å². The molecule has 0 amide bonds. The number of fused-ring (bicyclic) bond motifs is 4. The van der Waals surface area contributed by atoms with Gasteiger partial charge in [0.15, 0.2) is 0 Å². The zero-order valence-corrected chi connectivity index (χ0v) is 17.0. The molecule has 1 aliphatic carbocycles. The first-order valence-electron chi connectivity index (χ1n) is 10.5. The second kappa shape index (κ2) is 7.55. The van der Waals surface area contributed by atoms with Crippen LogP contribution in [0.4, 0.5) is 0 Å². The van der Waals surface area contributed by atoms with Crippen LogP contribution in [0.5, 0.6) is 0 Å². The van der Waals surface area contributed by atoms with Crippen molar-refractivity contribution in [1.29, 1.82) is 0 Å². The Labute approximate surface area is 171 Å². The number of benzene rings is 2. The highest BCUT2D eigenvalue weighted by molar-refractivity contribution is 6.35. The topological polar surface area (TPSA) is 28.4 Å². The smallest absolute Gasteiger partial charge is 0.0845 e. The minimum Gasteiger partial charge on any atom is -0.390 e. The summed E-state index contributed by atoms with van der Waals surface area (Å²) in [5, 5.41) is 13.0. The molecule has 28 heavy (non-hydrogen) atoms. The van der Waals surface area contributed by atoms with E-state index >= 15 is 0 Å². The highest BCUT2D eigenvalue weighted by Gasteiger charge is 2.24. The predicted molar refractivity (Wildman–Crippen MR) is 115 cm³/mol. The lowest BCUT2D eigenvalue weighted by molar-refractivity contribution is 0.0920. The molecule has 0 radical (unpaired) electrons. The summed E-state index contributed by atoms with van der Waals surface area (Å²) in [6.07, 6.45) is 5.34. The zero-order valence-electron chi connectivity index (χ0n) is 16.2. The van der Waals surface area contributed by atoms with Gasteiger partial charge in [0.25, 0.3) is 0 Å². The monoisotopic (exact) mass is 394 g/mol. The number of aliphatic hydroxyl groups is 1. The Kier molecular flexibility index (Phi) is 4.92. The summed E-state index contributed by atoms with van der Waals surface area (Å²) in [7, 11) is 0. The first-order chi connectivity index (χ1) is 13.7. The summed E-state index contributed by atoms with van der Waals surface area (Å²) < 4.78 is 2.31. The second-order valence-corrected chi connectivity index (χ2v) is 8.69. The predicted octanol–water partition coefficient (Wildman–Crippen LogP) is 4.59. The zero-order chi connectivity index (χ0) is 19.1. The normalized spacial score (nSPS) is 18.1. The van der Waals surface area contributed by atoms with Crippen LogP contribution in [0.2, 0.25) is 5.02 Å². The van der Waals surface area contributed by atoms with Crippen molar-refractivity contribution in [2.24, 2.45) is 0 Å². The third kappa shape index (κ3) is 3.26. The number of rotatable bonds is 4. The van der Waals surface area contributed by atoms with Crippen molar-refractivity contribution in [2.45, 2.75) is 51.3 Å².